The van der Waals surface area contributed by atoms with Gasteiger partial charge in [0.15, 0.2) is 5.78 Å². The number of hydrogen-bond acceptors (Lipinski definition) is 1. The summed E-state index contributed by atoms with van der Waals surface area (Å²) in [4.78, 5) is 11.5. The number of Topliss-reactive ketones (excluding diaryl/α,β-unsaturated/α-hetero) is 1. The summed E-state index contributed by atoms with van der Waals surface area (Å²) in [6.07, 6.45) is 0. The first kappa shape index (κ1) is 9.27. The van der Waals surface area contributed by atoms with Crippen molar-refractivity contribution < 1.29 is 4.79 Å². The van der Waals surface area contributed by atoms with Crippen LogP contribution in [-0.2, 0) is 0 Å². The van der Waals surface area contributed by atoms with Crippen molar-refractivity contribution in [3.8, 4) is 0 Å². The molecule has 0 aliphatic heterocycles. The number of halogens is 1. The summed E-state index contributed by atoms with van der Waals surface area (Å²) in [7, 11) is 0. The van der Waals surface area contributed by atoms with Gasteiger partial charge in [0, 0.05) is 17.4 Å². The number of alkyl halides is 1. The molecular formula is C10H11ClO. The molecule has 0 radical (unpaired) electrons. The molecule has 2 heteroatoms. The summed E-state index contributed by atoms with van der Waals surface area (Å²) in [6.45, 7) is 1.84. The highest BCUT2D eigenvalue weighted by Gasteiger charge is 2.12. The standard InChI is InChI=1S/C10H11ClO/c1-8(7-11)10(12)9-5-3-2-4-6-9/h2-6,8H,7H2,1H3/t8-/m1/s1. The molecule has 0 amide bonds. The van der Waals surface area contributed by atoms with E-state index in [-0.39, 0.29) is 11.7 Å². The highest BCUT2D eigenvalue weighted by atomic mass is 35.5. The first-order chi connectivity index (χ1) is 5.75. The van der Waals surface area contributed by atoms with Crippen LogP contribution < -0.4 is 0 Å². The molecule has 0 aromatic heterocycles. The fourth-order valence-corrected chi connectivity index (χ4v) is 1.10. The van der Waals surface area contributed by atoms with Gasteiger partial charge in [0.05, 0.1) is 0 Å². The second-order valence-corrected chi connectivity index (χ2v) is 3.09. The topological polar surface area (TPSA) is 17.1 Å². The Morgan fingerprint density at radius 2 is 2.00 bits per heavy atom. The van der Waals surface area contributed by atoms with Crippen LogP contribution >= 0.6 is 11.6 Å². The van der Waals surface area contributed by atoms with Crippen LogP contribution in [0.5, 0.6) is 0 Å². The van der Waals surface area contributed by atoms with E-state index in [2.05, 4.69) is 0 Å². The van der Waals surface area contributed by atoms with E-state index >= 15 is 0 Å². The molecule has 1 aromatic rings. The molecule has 0 saturated carbocycles. The maximum absolute atomic E-state index is 11.5. The lowest BCUT2D eigenvalue weighted by molar-refractivity contribution is 0.0941. The molecule has 0 spiro atoms. The Bertz CT molecular complexity index is 256. The Morgan fingerprint density at radius 3 is 2.50 bits per heavy atom. The van der Waals surface area contributed by atoms with Gasteiger partial charge >= 0.3 is 0 Å². The number of ketones is 1. The summed E-state index contributed by atoms with van der Waals surface area (Å²) >= 11 is 5.58. The van der Waals surface area contributed by atoms with Gasteiger partial charge in [0.1, 0.15) is 0 Å². The third-order valence-corrected chi connectivity index (χ3v) is 2.20. The van der Waals surface area contributed by atoms with Crippen LogP contribution in [-0.4, -0.2) is 11.7 Å². The van der Waals surface area contributed by atoms with E-state index in [1.165, 1.54) is 0 Å². The Hall–Kier alpha value is -0.820. The van der Waals surface area contributed by atoms with Crippen LogP contribution in [0.3, 0.4) is 0 Å². The number of rotatable bonds is 3. The third kappa shape index (κ3) is 2.08. The minimum Gasteiger partial charge on any atom is -0.294 e. The van der Waals surface area contributed by atoms with Crippen LogP contribution in [0.2, 0.25) is 0 Å². The van der Waals surface area contributed by atoms with E-state index in [0.29, 0.717) is 5.88 Å². The molecule has 1 aromatic carbocycles. The van der Waals surface area contributed by atoms with Crippen LogP contribution in [0, 0.1) is 5.92 Å². The fourth-order valence-electron chi connectivity index (χ4n) is 0.957. The highest BCUT2D eigenvalue weighted by Crippen LogP contribution is 2.09. The van der Waals surface area contributed by atoms with Crippen LogP contribution in [0.25, 0.3) is 0 Å². The van der Waals surface area contributed by atoms with Crippen molar-refractivity contribution >= 4 is 17.4 Å². The van der Waals surface area contributed by atoms with E-state index in [9.17, 15) is 4.79 Å². The fraction of sp³-hybridized carbons (Fsp3) is 0.300. The minimum absolute atomic E-state index is 0.0888. The summed E-state index contributed by atoms with van der Waals surface area (Å²) in [5.74, 6) is 0.410. The first-order valence-corrected chi connectivity index (χ1v) is 4.44. The predicted molar refractivity (Wildman–Crippen MR) is 50.7 cm³/mol. The Kier molecular flexibility index (Phi) is 3.30. The van der Waals surface area contributed by atoms with Gasteiger partial charge in [-0.3, -0.25) is 4.79 Å². The van der Waals surface area contributed by atoms with E-state index < -0.39 is 0 Å². The second kappa shape index (κ2) is 4.27. The normalized spacial score (nSPS) is 12.5. The van der Waals surface area contributed by atoms with E-state index in [1.54, 1.807) is 0 Å². The number of carbonyl (C=O) groups is 1. The third-order valence-electron chi connectivity index (χ3n) is 1.74. The second-order valence-electron chi connectivity index (χ2n) is 2.79. The van der Waals surface area contributed by atoms with E-state index in [4.69, 9.17) is 11.6 Å². The summed E-state index contributed by atoms with van der Waals surface area (Å²) < 4.78 is 0. The molecule has 0 heterocycles. The van der Waals surface area contributed by atoms with Crippen molar-refractivity contribution in [1.29, 1.82) is 0 Å². The average molecular weight is 183 g/mol. The van der Waals surface area contributed by atoms with Crippen LogP contribution in [0.1, 0.15) is 17.3 Å². The maximum Gasteiger partial charge on any atom is 0.166 e. The number of carbonyl (C=O) groups excluding carboxylic acids is 1. The van der Waals surface area contributed by atoms with Gasteiger partial charge in [0.25, 0.3) is 0 Å². The lowest BCUT2D eigenvalue weighted by Crippen LogP contribution is -2.12. The van der Waals surface area contributed by atoms with Crippen molar-refractivity contribution in [2.24, 2.45) is 5.92 Å². The molecule has 0 aliphatic carbocycles. The molecule has 0 bridgehead atoms. The predicted octanol–water partition coefficient (Wildman–Crippen LogP) is 2.74. The smallest absolute Gasteiger partial charge is 0.166 e. The Balaban J connectivity index is 2.79. The molecule has 1 atom stereocenters. The zero-order valence-electron chi connectivity index (χ0n) is 6.96. The Morgan fingerprint density at radius 1 is 1.42 bits per heavy atom. The van der Waals surface area contributed by atoms with Gasteiger partial charge in [-0.1, -0.05) is 37.3 Å². The highest BCUT2D eigenvalue weighted by molar-refractivity contribution is 6.20. The largest absolute Gasteiger partial charge is 0.294 e. The molecule has 0 fully saturated rings. The zero-order valence-corrected chi connectivity index (χ0v) is 7.71. The zero-order chi connectivity index (χ0) is 8.97. The maximum atomic E-state index is 11.5. The molecule has 12 heavy (non-hydrogen) atoms. The lowest BCUT2D eigenvalue weighted by atomic mass is 10.0. The number of hydrogen-bond donors (Lipinski definition) is 0. The molecule has 64 valence electrons. The van der Waals surface area contributed by atoms with Crippen LogP contribution in [0.15, 0.2) is 30.3 Å². The van der Waals surface area contributed by atoms with Crippen molar-refractivity contribution in [3.63, 3.8) is 0 Å². The quantitative estimate of drug-likeness (QED) is 0.519. The summed E-state index contributed by atoms with van der Waals surface area (Å²) in [6, 6.07) is 9.22. The van der Waals surface area contributed by atoms with Gasteiger partial charge < -0.3 is 0 Å². The summed E-state index contributed by atoms with van der Waals surface area (Å²) in [5.41, 5.74) is 0.741. The van der Waals surface area contributed by atoms with Crippen molar-refractivity contribution in [2.75, 3.05) is 5.88 Å². The van der Waals surface area contributed by atoms with Gasteiger partial charge in [-0.15, -0.1) is 11.6 Å². The molecule has 0 unspecified atom stereocenters. The first-order valence-electron chi connectivity index (χ1n) is 3.91. The average Bonchev–Trinajstić information content (AvgIpc) is 2.17. The van der Waals surface area contributed by atoms with Gasteiger partial charge in [-0.05, 0) is 0 Å². The molecular weight excluding hydrogens is 172 g/mol. The molecule has 0 N–H and O–H groups in total. The molecule has 0 saturated heterocycles. The lowest BCUT2D eigenvalue weighted by Gasteiger charge is -2.04. The molecule has 1 rings (SSSR count). The van der Waals surface area contributed by atoms with Crippen molar-refractivity contribution in [2.45, 2.75) is 6.92 Å². The minimum atomic E-state index is -0.0888. The van der Waals surface area contributed by atoms with E-state index in [0.717, 1.165) is 5.56 Å². The molecule has 1 nitrogen and oxygen atoms in total. The Labute approximate surface area is 77.4 Å². The SMILES string of the molecule is C[C@H](CCl)C(=O)c1ccccc1. The van der Waals surface area contributed by atoms with Gasteiger partial charge in [-0.25, -0.2) is 0 Å². The summed E-state index contributed by atoms with van der Waals surface area (Å²) in [5, 5.41) is 0. The number of benzene rings is 1. The van der Waals surface area contributed by atoms with Gasteiger partial charge in [-0.2, -0.15) is 0 Å². The monoisotopic (exact) mass is 182 g/mol. The van der Waals surface area contributed by atoms with Crippen LogP contribution in [0.4, 0.5) is 0 Å². The van der Waals surface area contributed by atoms with E-state index in [1.807, 2.05) is 37.3 Å². The van der Waals surface area contributed by atoms with Crippen molar-refractivity contribution in [3.05, 3.63) is 35.9 Å². The van der Waals surface area contributed by atoms with Gasteiger partial charge in [0.2, 0.25) is 0 Å². The molecule has 0 aliphatic rings. The van der Waals surface area contributed by atoms with Crippen molar-refractivity contribution in [1.82, 2.24) is 0 Å².